The van der Waals surface area contributed by atoms with E-state index in [1.165, 1.54) is 31.3 Å². The third-order valence-corrected chi connectivity index (χ3v) is 4.40. The molecule has 0 radical (unpaired) electrons. The average molecular weight is 493 g/mol. The third kappa shape index (κ3) is 7.19. The van der Waals surface area contributed by atoms with Crippen LogP contribution in [0.2, 0.25) is 0 Å². The number of anilines is 2. The van der Waals surface area contributed by atoms with Crippen molar-refractivity contribution in [3.63, 3.8) is 0 Å². The summed E-state index contributed by atoms with van der Waals surface area (Å²) < 4.78 is 25.9. The summed E-state index contributed by atoms with van der Waals surface area (Å²) in [6, 6.07) is 6.04. The molecule has 0 aromatic heterocycles. The fraction of sp³-hybridized carbons (Fsp3) is 0.500. The van der Waals surface area contributed by atoms with Crippen molar-refractivity contribution in [1.29, 1.82) is 0 Å². The zero-order valence-electron chi connectivity index (χ0n) is 21.3. The second-order valence-electron chi connectivity index (χ2n) is 9.53. The van der Waals surface area contributed by atoms with Gasteiger partial charge in [0, 0.05) is 5.69 Å². The lowest BCUT2D eigenvalue weighted by Gasteiger charge is -2.32. The van der Waals surface area contributed by atoms with E-state index in [1.807, 2.05) is 0 Å². The molecule has 192 valence electrons. The van der Waals surface area contributed by atoms with E-state index in [4.69, 9.17) is 23.7 Å². The van der Waals surface area contributed by atoms with Gasteiger partial charge in [-0.2, -0.15) is 4.90 Å². The zero-order chi connectivity index (χ0) is 26.6. The number of benzene rings is 1. The third-order valence-electron chi connectivity index (χ3n) is 4.40. The van der Waals surface area contributed by atoms with Crippen LogP contribution in [0.5, 0.6) is 0 Å². The number of hydrogen-bond donors (Lipinski definition) is 0. The highest BCUT2D eigenvalue weighted by Gasteiger charge is 2.34. The van der Waals surface area contributed by atoms with Gasteiger partial charge in [-0.3, -0.25) is 0 Å². The molecule has 11 heteroatoms. The SMILES string of the molecule is COC(=O)C1=C(C(=O)OC)N(c2ccc(N(C(=O)OC(C)(C)C)C(=O)OC(C)(C)C)cc2)COC1. The second kappa shape index (κ2) is 10.8. The molecular formula is C24H32N2O9. The van der Waals surface area contributed by atoms with Gasteiger partial charge in [-0.05, 0) is 65.8 Å². The maximum absolute atomic E-state index is 12.9. The monoisotopic (exact) mass is 492 g/mol. The quantitative estimate of drug-likeness (QED) is 0.454. The van der Waals surface area contributed by atoms with Crippen molar-refractivity contribution in [2.75, 3.05) is 37.4 Å². The molecule has 0 atom stereocenters. The first-order valence-corrected chi connectivity index (χ1v) is 10.8. The Hall–Kier alpha value is -3.60. The molecule has 0 saturated heterocycles. The lowest BCUT2D eigenvalue weighted by Crippen LogP contribution is -2.43. The van der Waals surface area contributed by atoms with E-state index in [-0.39, 0.29) is 30.3 Å². The van der Waals surface area contributed by atoms with Crippen LogP contribution in [-0.4, -0.2) is 62.9 Å². The summed E-state index contributed by atoms with van der Waals surface area (Å²) in [5.41, 5.74) is -1.14. The Bertz CT molecular complexity index is 973. The van der Waals surface area contributed by atoms with Crippen LogP contribution < -0.4 is 9.80 Å². The van der Waals surface area contributed by atoms with Crippen molar-refractivity contribution in [3.05, 3.63) is 35.5 Å². The Labute approximate surface area is 204 Å². The molecule has 0 spiro atoms. The molecule has 35 heavy (non-hydrogen) atoms. The van der Waals surface area contributed by atoms with E-state index in [0.29, 0.717) is 5.69 Å². The number of esters is 2. The Morgan fingerprint density at radius 3 is 1.74 bits per heavy atom. The smallest absolute Gasteiger partial charge is 0.424 e. The lowest BCUT2D eigenvalue weighted by atomic mass is 10.1. The zero-order valence-corrected chi connectivity index (χ0v) is 21.3. The number of rotatable bonds is 4. The molecule has 0 fully saturated rings. The van der Waals surface area contributed by atoms with Crippen molar-refractivity contribution < 1.29 is 42.9 Å². The Balaban J connectivity index is 2.48. The van der Waals surface area contributed by atoms with Crippen molar-refractivity contribution >= 4 is 35.5 Å². The molecule has 1 aromatic rings. The van der Waals surface area contributed by atoms with Crippen molar-refractivity contribution in [2.45, 2.75) is 52.7 Å². The molecule has 0 aliphatic carbocycles. The predicted molar refractivity (Wildman–Crippen MR) is 126 cm³/mol. The van der Waals surface area contributed by atoms with E-state index in [0.717, 1.165) is 4.90 Å². The molecule has 1 heterocycles. The molecule has 0 unspecified atom stereocenters. The molecule has 2 amide bonds. The largest absolute Gasteiger partial charge is 0.466 e. The van der Waals surface area contributed by atoms with Gasteiger partial charge in [0.05, 0.1) is 32.1 Å². The number of ether oxygens (including phenoxy) is 5. The van der Waals surface area contributed by atoms with E-state index in [2.05, 4.69) is 0 Å². The maximum atomic E-state index is 12.9. The molecule has 11 nitrogen and oxygen atoms in total. The molecule has 0 N–H and O–H groups in total. The van der Waals surface area contributed by atoms with Gasteiger partial charge in [0.2, 0.25) is 0 Å². The summed E-state index contributed by atoms with van der Waals surface area (Å²) in [7, 11) is 2.39. The van der Waals surface area contributed by atoms with E-state index in [1.54, 1.807) is 53.7 Å². The van der Waals surface area contributed by atoms with Crippen LogP contribution >= 0.6 is 0 Å². The Morgan fingerprint density at radius 2 is 1.31 bits per heavy atom. The van der Waals surface area contributed by atoms with Gasteiger partial charge in [0.1, 0.15) is 23.6 Å². The number of carbonyl (C=O) groups is 4. The van der Waals surface area contributed by atoms with Gasteiger partial charge in [0.15, 0.2) is 0 Å². The number of nitrogens with zero attached hydrogens (tertiary/aromatic N) is 2. The first-order chi connectivity index (χ1) is 16.2. The highest BCUT2D eigenvalue weighted by molar-refractivity contribution is 6.09. The number of methoxy groups -OCH3 is 2. The summed E-state index contributed by atoms with van der Waals surface area (Å²) in [5, 5.41) is 0. The van der Waals surface area contributed by atoms with Crippen LogP contribution in [-0.2, 0) is 33.3 Å². The first-order valence-electron chi connectivity index (χ1n) is 10.8. The fourth-order valence-corrected chi connectivity index (χ4v) is 3.03. The van der Waals surface area contributed by atoms with Crippen LogP contribution in [0.3, 0.4) is 0 Å². The van der Waals surface area contributed by atoms with Crippen molar-refractivity contribution in [3.8, 4) is 0 Å². The molecule has 1 aliphatic heterocycles. The highest BCUT2D eigenvalue weighted by atomic mass is 16.6. The molecule has 1 aliphatic rings. The molecule has 0 bridgehead atoms. The number of imide groups is 1. The summed E-state index contributed by atoms with van der Waals surface area (Å²) in [4.78, 5) is 52.6. The minimum atomic E-state index is -0.913. The van der Waals surface area contributed by atoms with E-state index >= 15 is 0 Å². The first kappa shape index (κ1) is 27.6. The van der Waals surface area contributed by atoms with Gasteiger partial charge in [0.25, 0.3) is 0 Å². The van der Waals surface area contributed by atoms with Crippen molar-refractivity contribution in [1.82, 2.24) is 0 Å². The van der Waals surface area contributed by atoms with Gasteiger partial charge in [-0.1, -0.05) is 0 Å². The van der Waals surface area contributed by atoms with Gasteiger partial charge in [-0.25, -0.2) is 19.2 Å². The summed E-state index contributed by atoms with van der Waals surface area (Å²) in [5.74, 6) is -1.48. The second-order valence-corrected chi connectivity index (χ2v) is 9.53. The Kier molecular flexibility index (Phi) is 8.50. The molecule has 1 aromatic carbocycles. The predicted octanol–water partition coefficient (Wildman–Crippen LogP) is 3.76. The van der Waals surface area contributed by atoms with Crippen LogP contribution in [0, 0.1) is 0 Å². The summed E-state index contributed by atoms with van der Waals surface area (Å²) in [6.07, 6.45) is -1.83. The van der Waals surface area contributed by atoms with Gasteiger partial charge < -0.3 is 28.6 Å². The Morgan fingerprint density at radius 1 is 0.829 bits per heavy atom. The van der Waals surface area contributed by atoms with E-state index in [9.17, 15) is 19.2 Å². The minimum absolute atomic E-state index is 0.00110. The topological polar surface area (TPSA) is 121 Å². The van der Waals surface area contributed by atoms with Crippen LogP contribution in [0.4, 0.5) is 21.0 Å². The lowest BCUT2D eigenvalue weighted by molar-refractivity contribution is -0.140. The molecule has 0 saturated carbocycles. The fourth-order valence-electron chi connectivity index (χ4n) is 3.03. The standard InChI is InChI=1S/C24H32N2O9/c1-23(2,3)34-21(29)26(22(30)35-24(4,5)6)16-11-9-15(10-12-16)25-14-33-13-17(19(27)31-7)18(25)20(28)32-8/h9-12H,13-14H2,1-8H3. The normalized spacial score (nSPS) is 14.2. The number of carbonyl (C=O) groups excluding carboxylic acids is 4. The average Bonchev–Trinajstić information content (AvgIpc) is 2.75. The molecule has 2 rings (SSSR count). The van der Waals surface area contributed by atoms with Crippen LogP contribution in [0.25, 0.3) is 0 Å². The summed E-state index contributed by atoms with van der Waals surface area (Å²) >= 11 is 0. The highest BCUT2D eigenvalue weighted by Crippen LogP contribution is 2.30. The van der Waals surface area contributed by atoms with Crippen LogP contribution in [0.15, 0.2) is 35.5 Å². The maximum Gasteiger partial charge on any atom is 0.424 e. The van der Waals surface area contributed by atoms with Gasteiger partial charge >= 0.3 is 24.1 Å². The minimum Gasteiger partial charge on any atom is -0.466 e. The van der Waals surface area contributed by atoms with Crippen LogP contribution in [0.1, 0.15) is 41.5 Å². The summed E-state index contributed by atoms with van der Waals surface area (Å²) in [6.45, 7) is 9.89. The number of hydrogen-bond acceptors (Lipinski definition) is 10. The van der Waals surface area contributed by atoms with Crippen molar-refractivity contribution in [2.24, 2.45) is 0 Å². The van der Waals surface area contributed by atoms with E-state index < -0.39 is 35.3 Å². The number of amides is 2. The van der Waals surface area contributed by atoms with Gasteiger partial charge in [-0.15, -0.1) is 0 Å². The molecular weight excluding hydrogens is 460 g/mol.